The molecule has 0 aliphatic rings. The van der Waals surface area contributed by atoms with Gasteiger partial charge in [-0.3, -0.25) is 0 Å². The van der Waals surface area contributed by atoms with E-state index in [2.05, 4.69) is 5.10 Å². The summed E-state index contributed by atoms with van der Waals surface area (Å²) in [6, 6.07) is 0. The van der Waals surface area contributed by atoms with Crippen molar-refractivity contribution in [3.63, 3.8) is 0 Å². The molecule has 0 saturated carbocycles. The third-order valence-electron chi connectivity index (χ3n) is 1.29. The molecule has 0 aliphatic carbocycles. The molecule has 62 valence electrons. The van der Waals surface area contributed by atoms with Crippen LogP contribution in [0.15, 0.2) is 6.20 Å². The predicted octanol–water partition coefficient (Wildman–Crippen LogP) is 1.86. The first kappa shape index (κ1) is 8.40. The highest BCUT2D eigenvalue weighted by Gasteiger charge is 2.05. The Morgan fingerprint density at radius 1 is 1.73 bits per heavy atom. The molecule has 0 radical (unpaired) electrons. The van der Waals surface area contributed by atoms with E-state index in [1.165, 1.54) is 0 Å². The minimum Gasteiger partial charge on any atom is -0.477 e. The first-order chi connectivity index (χ1) is 5.25. The average molecular weight is 175 g/mol. The Kier molecular flexibility index (Phi) is 2.76. The molecule has 11 heavy (non-hydrogen) atoms. The van der Waals surface area contributed by atoms with E-state index in [-0.39, 0.29) is 0 Å². The predicted molar refractivity (Wildman–Crippen MR) is 44.0 cm³/mol. The third kappa shape index (κ3) is 1.87. The van der Waals surface area contributed by atoms with Crippen LogP contribution < -0.4 is 4.74 Å². The minimum absolute atomic E-state index is 0.570. The Morgan fingerprint density at radius 3 is 2.91 bits per heavy atom. The molecule has 0 aliphatic heterocycles. The smallest absolute Gasteiger partial charge is 0.230 e. The third-order valence-corrected chi connectivity index (χ3v) is 1.54. The Hall–Kier alpha value is -0.700. The van der Waals surface area contributed by atoms with Gasteiger partial charge in [0.2, 0.25) is 5.88 Å². The lowest BCUT2D eigenvalue weighted by Gasteiger charge is -2.03. The van der Waals surface area contributed by atoms with Crippen LogP contribution in [-0.2, 0) is 7.05 Å². The van der Waals surface area contributed by atoms with Crippen molar-refractivity contribution in [2.24, 2.45) is 7.05 Å². The van der Waals surface area contributed by atoms with E-state index in [4.69, 9.17) is 16.3 Å². The lowest BCUT2D eigenvalue weighted by molar-refractivity contribution is 0.290. The SMILES string of the molecule is CCCOc1c(Cl)cnn1C. The minimum atomic E-state index is 0.570. The van der Waals surface area contributed by atoms with Gasteiger partial charge in [0.05, 0.1) is 12.8 Å². The summed E-state index contributed by atoms with van der Waals surface area (Å²) < 4.78 is 6.95. The van der Waals surface area contributed by atoms with E-state index in [0.717, 1.165) is 6.42 Å². The van der Waals surface area contributed by atoms with E-state index in [9.17, 15) is 0 Å². The zero-order chi connectivity index (χ0) is 8.27. The lowest BCUT2D eigenvalue weighted by atomic mass is 10.5. The highest BCUT2D eigenvalue weighted by molar-refractivity contribution is 6.31. The van der Waals surface area contributed by atoms with E-state index in [1.807, 2.05) is 6.92 Å². The summed E-state index contributed by atoms with van der Waals surface area (Å²) in [6.07, 6.45) is 2.55. The van der Waals surface area contributed by atoms with Gasteiger partial charge >= 0.3 is 0 Å². The molecule has 0 aromatic carbocycles. The van der Waals surface area contributed by atoms with Gasteiger partial charge in [0.25, 0.3) is 0 Å². The number of halogens is 1. The fraction of sp³-hybridized carbons (Fsp3) is 0.571. The molecule has 0 fully saturated rings. The van der Waals surface area contributed by atoms with Crippen molar-refractivity contribution in [3.8, 4) is 5.88 Å². The number of rotatable bonds is 3. The topological polar surface area (TPSA) is 27.1 Å². The number of nitrogens with zero attached hydrogens (tertiary/aromatic N) is 2. The summed E-state index contributed by atoms with van der Waals surface area (Å²) in [5.41, 5.74) is 0. The zero-order valence-corrected chi connectivity index (χ0v) is 7.43. The number of hydrogen-bond donors (Lipinski definition) is 0. The second kappa shape index (κ2) is 3.62. The van der Waals surface area contributed by atoms with Crippen LogP contribution in [0.4, 0.5) is 0 Å². The Bertz CT molecular complexity index is 215. The van der Waals surface area contributed by atoms with Gasteiger partial charge in [-0.15, -0.1) is 0 Å². The molecule has 0 N–H and O–H groups in total. The molecule has 0 saturated heterocycles. The first-order valence-electron chi connectivity index (χ1n) is 3.56. The molecular weight excluding hydrogens is 164 g/mol. The van der Waals surface area contributed by atoms with E-state index in [1.54, 1.807) is 17.9 Å². The van der Waals surface area contributed by atoms with Crippen LogP contribution in [0.2, 0.25) is 5.02 Å². The molecule has 0 unspecified atom stereocenters. The molecule has 1 aromatic rings. The van der Waals surface area contributed by atoms with Crippen molar-refractivity contribution >= 4 is 11.6 Å². The molecule has 0 spiro atoms. The van der Waals surface area contributed by atoms with Crippen molar-refractivity contribution in [3.05, 3.63) is 11.2 Å². The monoisotopic (exact) mass is 174 g/mol. The molecule has 1 aromatic heterocycles. The molecule has 0 atom stereocenters. The average Bonchev–Trinajstić information content (AvgIpc) is 2.29. The second-order valence-corrected chi connectivity index (χ2v) is 2.68. The van der Waals surface area contributed by atoms with Crippen molar-refractivity contribution in [1.29, 1.82) is 0 Å². The van der Waals surface area contributed by atoms with Gasteiger partial charge in [-0.2, -0.15) is 5.10 Å². The lowest BCUT2D eigenvalue weighted by Crippen LogP contribution is -2.01. The second-order valence-electron chi connectivity index (χ2n) is 2.27. The molecule has 1 rings (SSSR count). The quantitative estimate of drug-likeness (QED) is 0.700. The summed E-state index contributed by atoms with van der Waals surface area (Å²) in [5, 5.41) is 4.50. The molecular formula is C7H11ClN2O. The summed E-state index contributed by atoms with van der Waals surface area (Å²) in [6.45, 7) is 2.73. The maximum Gasteiger partial charge on any atom is 0.230 e. The summed E-state index contributed by atoms with van der Waals surface area (Å²) in [7, 11) is 1.80. The van der Waals surface area contributed by atoms with Crippen LogP contribution in [0.3, 0.4) is 0 Å². The Balaban J connectivity index is 2.67. The Labute approximate surface area is 70.9 Å². The van der Waals surface area contributed by atoms with Crippen LogP contribution in [-0.4, -0.2) is 16.4 Å². The molecule has 0 bridgehead atoms. The summed E-state index contributed by atoms with van der Waals surface area (Å²) in [5.74, 6) is 0.647. The van der Waals surface area contributed by atoms with Gasteiger partial charge in [0.1, 0.15) is 5.02 Å². The molecule has 1 heterocycles. The fourth-order valence-corrected chi connectivity index (χ4v) is 0.981. The van der Waals surface area contributed by atoms with Gasteiger partial charge in [0.15, 0.2) is 0 Å². The van der Waals surface area contributed by atoms with Gasteiger partial charge in [0, 0.05) is 7.05 Å². The first-order valence-corrected chi connectivity index (χ1v) is 3.93. The Morgan fingerprint density at radius 2 is 2.45 bits per heavy atom. The number of aryl methyl sites for hydroxylation is 1. The van der Waals surface area contributed by atoms with Crippen LogP contribution in [0.5, 0.6) is 5.88 Å². The normalized spacial score (nSPS) is 10.1. The number of hydrogen-bond acceptors (Lipinski definition) is 2. The largest absolute Gasteiger partial charge is 0.477 e. The zero-order valence-electron chi connectivity index (χ0n) is 6.67. The van der Waals surface area contributed by atoms with Crippen LogP contribution in [0, 0.1) is 0 Å². The van der Waals surface area contributed by atoms with Crippen molar-refractivity contribution in [1.82, 2.24) is 9.78 Å². The van der Waals surface area contributed by atoms with Crippen molar-refractivity contribution < 1.29 is 4.74 Å². The molecule has 4 heteroatoms. The van der Waals surface area contributed by atoms with Crippen molar-refractivity contribution in [2.45, 2.75) is 13.3 Å². The highest BCUT2D eigenvalue weighted by Crippen LogP contribution is 2.22. The van der Waals surface area contributed by atoms with E-state index >= 15 is 0 Å². The van der Waals surface area contributed by atoms with Crippen LogP contribution >= 0.6 is 11.6 Å². The molecule has 3 nitrogen and oxygen atoms in total. The summed E-state index contributed by atoms with van der Waals surface area (Å²) in [4.78, 5) is 0. The van der Waals surface area contributed by atoms with Gasteiger partial charge in [-0.05, 0) is 6.42 Å². The number of ether oxygens (including phenoxy) is 1. The maximum atomic E-state index is 5.77. The van der Waals surface area contributed by atoms with Gasteiger partial charge in [-0.25, -0.2) is 4.68 Å². The highest BCUT2D eigenvalue weighted by atomic mass is 35.5. The van der Waals surface area contributed by atoms with Gasteiger partial charge in [-0.1, -0.05) is 18.5 Å². The van der Waals surface area contributed by atoms with E-state index in [0.29, 0.717) is 17.5 Å². The maximum absolute atomic E-state index is 5.77. The van der Waals surface area contributed by atoms with Crippen LogP contribution in [0.25, 0.3) is 0 Å². The standard InChI is InChI=1S/C7H11ClN2O/c1-3-4-11-7-6(8)5-9-10(7)2/h5H,3-4H2,1-2H3. The van der Waals surface area contributed by atoms with Gasteiger partial charge < -0.3 is 4.74 Å². The van der Waals surface area contributed by atoms with E-state index < -0.39 is 0 Å². The van der Waals surface area contributed by atoms with Crippen molar-refractivity contribution in [2.75, 3.05) is 6.61 Å². The summed E-state index contributed by atoms with van der Waals surface area (Å²) >= 11 is 5.77. The number of aromatic nitrogens is 2. The molecule has 0 amide bonds. The van der Waals surface area contributed by atoms with Crippen LogP contribution in [0.1, 0.15) is 13.3 Å². The fourth-order valence-electron chi connectivity index (χ4n) is 0.761.